The predicted octanol–water partition coefficient (Wildman–Crippen LogP) is 4.71. The lowest BCUT2D eigenvalue weighted by Crippen LogP contribution is -2.22. The number of rotatable bonds is 6. The maximum absolute atomic E-state index is 11.2. The molecule has 0 spiro atoms. The molecular formula is C20H27NO2S. The molecular weight excluding hydrogens is 318 g/mol. The number of fused-ring (bicyclic) bond motifs is 1. The Morgan fingerprint density at radius 2 is 2.08 bits per heavy atom. The summed E-state index contributed by atoms with van der Waals surface area (Å²) in [6.45, 7) is 2.29. The molecule has 0 unspecified atom stereocenters. The van der Waals surface area contributed by atoms with Crippen LogP contribution in [0.4, 0.5) is 0 Å². The molecule has 3 rings (SSSR count). The van der Waals surface area contributed by atoms with Crippen LogP contribution in [0.1, 0.15) is 49.5 Å². The fourth-order valence-corrected chi connectivity index (χ4v) is 5.11. The number of hydrogen-bond donors (Lipinski definition) is 1. The highest BCUT2D eigenvalue weighted by Crippen LogP contribution is 2.37. The minimum Gasteiger partial charge on any atom is -0.497 e. The molecule has 1 amide bonds. The smallest absolute Gasteiger partial charge is 0.216 e. The monoisotopic (exact) mass is 345 g/mol. The molecule has 24 heavy (non-hydrogen) atoms. The van der Waals surface area contributed by atoms with Gasteiger partial charge in [0.15, 0.2) is 0 Å². The molecule has 1 fully saturated rings. The first-order valence-electron chi connectivity index (χ1n) is 9.00. The number of thiophene rings is 1. The van der Waals surface area contributed by atoms with Gasteiger partial charge in [-0.15, -0.1) is 11.3 Å². The number of hydrogen-bond acceptors (Lipinski definition) is 3. The molecule has 0 bridgehead atoms. The van der Waals surface area contributed by atoms with Gasteiger partial charge in [-0.1, -0.05) is 32.1 Å². The summed E-state index contributed by atoms with van der Waals surface area (Å²) in [5.41, 5.74) is 1.41. The van der Waals surface area contributed by atoms with Crippen molar-refractivity contribution in [3.8, 4) is 5.75 Å². The van der Waals surface area contributed by atoms with Crippen LogP contribution in [0.25, 0.3) is 10.1 Å². The lowest BCUT2D eigenvalue weighted by atomic mass is 9.85. The van der Waals surface area contributed by atoms with Crippen LogP contribution in [-0.2, 0) is 17.6 Å². The number of amides is 1. The average Bonchev–Trinajstić information content (AvgIpc) is 2.92. The zero-order valence-corrected chi connectivity index (χ0v) is 15.5. The van der Waals surface area contributed by atoms with Crippen molar-refractivity contribution >= 4 is 27.3 Å². The third kappa shape index (κ3) is 4.10. The highest BCUT2D eigenvalue weighted by Gasteiger charge is 2.19. The molecule has 3 nitrogen and oxygen atoms in total. The van der Waals surface area contributed by atoms with E-state index in [1.165, 1.54) is 59.1 Å². The summed E-state index contributed by atoms with van der Waals surface area (Å²) in [6, 6.07) is 6.37. The Bertz CT molecular complexity index is 701. The zero-order valence-electron chi connectivity index (χ0n) is 14.7. The van der Waals surface area contributed by atoms with Crippen LogP contribution in [0.15, 0.2) is 18.2 Å². The standard InChI is InChI=1S/C20H27NO2S/c1-14(22)21-11-10-17-18-13-16(23-2)8-9-19(18)24-20(17)12-15-6-4-3-5-7-15/h8-9,13,15H,3-7,10-12H2,1-2H3,(H,21,22). The molecule has 0 radical (unpaired) electrons. The van der Waals surface area contributed by atoms with Crippen molar-refractivity contribution in [3.63, 3.8) is 0 Å². The Kier molecular flexibility index (Phi) is 5.77. The van der Waals surface area contributed by atoms with Gasteiger partial charge in [-0.05, 0) is 47.9 Å². The molecule has 4 heteroatoms. The minimum atomic E-state index is 0.0425. The summed E-state index contributed by atoms with van der Waals surface area (Å²) in [4.78, 5) is 12.7. The van der Waals surface area contributed by atoms with Crippen molar-refractivity contribution < 1.29 is 9.53 Å². The van der Waals surface area contributed by atoms with Gasteiger partial charge in [-0.3, -0.25) is 4.79 Å². The van der Waals surface area contributed by atoms with Gasteiger partial charge in [0.05, 0.1) is 7.11 Å². The van der Waals surface area contributed by atoms with E-state index < -0.39 is 0 Å². The summed E-state index contributed by atoms with van der Waals surface area (Å²) in [6.07, 6.45) is 8.97. The van der Waals surface area contributed by atoms with E-state index in [1.54, 1.807) is 14.0 Å². The molecule has 1 N–H and O–H groups in total. The number of nitrogens with one attached hydrogen (secondary N) is 1. The third-order valence-electron chi connectivity index (χ3n) is 5.03. The van der Waals surface area contributed by atoms with Crippen molar-refractivity contribution in [3.05, 3.63) is 28.6 Å². The molecule has 0 atom stereocenters. The van der Waals surface area contributed by atoms with Gasteiger partial charge in [-0.25, -0.2) is 0 Å². The molecule has 1 aromatic heterocycles. The van der Waals surface area contributed by atoms with Crippen LogP contribution in [0.5, 0.6) is 5.75 Å². The van der Waals surface area contributed by atoms with Crippen molar-refractivity contribution in [2.45, 2.75) is 51.9 Å². The van der Waals surface area contributed by atoms with E-state index >= 15 is 0 Å². The van der Waals surface area contributed by atoms with E-state index in [9.17, 15) is 4.79 Å². The Morgan fingerprint density at radius 1 is 1.29 bits per heavy atom. The maximum Gasteiger partial charge on any atom is 0.216 e. The van der Waals surface area contributed by atoms with Crippen LogP contribution in [0, 0.1) is 5.92 Å². The summed E-state index contributed by atoms with van der Waals surface area (Å²) in [5.74, 6) is 1.78. The topological polar surface area (TPSA) is 38.3 Å². The summed E-state index contributed by atoms with van der Waals surface area (Å²) in [7, 11) is 1.72. The maximum atomic E-state index is 11.2. The Balaban J connectivity index is 1.87. The number of carbonyl (C=O) groups is 1. The highest BCUT2D eigenvalue weighted by molar-refractivity contribution is 7.19. The fraction of sp³-hybridized carbons (Fsp3) is 0.550. The summed E-state index contributed by atoms with van der Waals surface area (Å²) >= 11 is 1.93. The molecule has 2 aromatic rings. The van der Waals surface area contributed by atoms with Gasteiger partial charge >= 0.3 is 0 Å². The van der Waals surface area contributed by atoms with Crippen LogP contribution >= 0.6 is 11.3 Å². The molecule has 0 aliphatic heterocycles. The zero-order chi connectivity index (χ0) is 16.9. The number of ether oxygens (including phenoxy) is 1. The second-order valence-electron chi connectivity index (χ2n) is 6.81. The first-order chi connectivity index (χ1) is 11.7. The second-order valence-corrected chi connectivity index (χ2v) is 7.94. The van der Waals surface area contributed by atoms with Crippen molar-refractivity contribution in [2.24, 2.45) is 5.92 Å². The first kappa shape index (κ1) is 17.3. The molecule has 1 aliphatic carbocycles. The average molecular weight is 346 g/mol. The molecule has 1 aliphatic rings. The predicted molar refractivity (Wildman–Crippen MR) is 101 cm³/mol. The molecule has 1 heterocycles. The van der Waals surface area contributed by atoms with E-state index in [0.29, 0.717) is 6.54 Å². The van der Waals surface area contributed by atoms with Gasteiger partial charge < -0.3 is 10.1 Å². The van der Waals surface area contributed by atoms with E-state index in [4.69, 9.17) is 4.74 Å². The van der Waals surface area contributed by atoms with Crippen LogP contribution in [-0.4, -0.2) is 19.6 Å². The normalized spacial score (nSPS) is 15.6. The van der Waals surface area contributed by atoms with Crippen LogP contribution in [0.2, 0.25) is 0 Å². The largest absolute Gasteiger partial charge is 0.497 e. The van der Waals surface area contributed by atoms with Crippen molar-refractivity contribution in [2.75, 3.05) is 13.7 Å². The van der Waals surface area contributed by atoms with Crippen LogP contribution in [0.3, 0.4) is 0 Å². The molecule has 1 saturated carbocycles. The van der Waals surface area contributed by atoms with E-state index in [0.717, 1.165) is 18.1 Å². The third-order valence-corrected chi connectivity index (χ3v) is 6.26. The minimum absolute atomic E-state index is 0.0425. The molecule has 130 valence electrons. The Morgan fingerprint density at radius 3 is 2.79 bits per heavy atom. The lowest BCUT2D eigenvalue weighted by Gasteiger charge is -2.21. The van der Waals surface area contributed by atoms with Gasteiger partial charge in [-0.2, -0.15) is 0 Å². The van der Waals surface area contributed by atoms with Gasteiger partial charge in [0.25, 0.3) is 0 Å². The number of carbonyl (C=O) groups excluding carboxylic acids is 1. The quantitative estimate of drug-likeness (QED) is 0.823. The number of methoxy groups -OCH3 is 1. The van der Waals surface area contributed by atoms with E-state index in [1.807, 2.05) is 17.4 Å². The lowest BCUT2D eigenvalue weighted by molar-refractivity contribution is -0.118. The molecule has 0 saturated heterocycles. The van der Waals surface area contributed by atoms with E-state index in [-0.39, 0.29) is 5.91 Å². The van der Waals surface area contributed by atoms with Crippen LogP contribution < -0.4 is 10.1 Å². The summed E-state index contributed by atoms with van der Waals surface area (Å²) < 4.78 is 6.75. The van der Waals surface area contributed by atoms with Crippen molar-refractivity contribution in [1.29, 1.82) is 0 Å². The summed E-state index contributed by atoms with van der Waals surface area (Å²) in [5, 5.41) is 4.24. The molecule has 1 aromatic carbocycles. The SMILES string of the molecule is COc1ccc2sc(CC3CCCCC3)c(CCNC(C)=O)c2c1. The van der Waals surface area contributed by atoms with Gasteiger partial charge in [0.1, 0.15) is 5.75 Å². The first-order valence-corrected chi connectivity index (χ1v) is 9.81. The number of benzene rings is 1. The Labute approximate surface area is 148 Å². The second kappa shape index (κ2) is 8.02. The van der Waals surface area contributed by atoms with Crippen molar-refractivity contribution in [1.82, 2.24) is 5.32 Å². The van der Waals surface area contributed by atoms with Gasteiger partial charge in [0, 0.05) is 23.0 Å². The fourth-order valence-electron chi connectivity index (χ4n) is 3.76. The van der Waals surface area contributed by atoms with E-state index in [2.05, 4.69) is 17.4 Å². The Hall–Kier alpha value is -1.55. The van der Waals surface area contributed by atoms with Gasteiger partial charge in [0.2, 0.25) is 5.91 Å². The highest BCUT2D eigenvalue weighted by atomic mass is 32.1.